The minimum atomic E-state index is 0.0543. The van der Waals surface area contributed by atoms with Gasteiger partial charge in [-0.3, -0.25) is 4.79 Å². The van der Waals surface area contributed by atoms with Crippen LogP contribution in [-0.4, -0.2) is 41.0 Å². The van der Waals surface area contributed by atoms with Gasteiger partial charge in [-0.05, 0) is 62.1 Å². The lowest BCUT2D eigenvalue weighted by molar-refractivity contribution is 0.0745. The number of carbonyl (C=O) groups excluding carboxylic acids is 1. The molecule has 4 rings (SSSR count). The van der Waals surface area contributed by atoms with Crippen LogP contribution in [0, 0.1) is 18.8 Å². The molecule has 29 heavy (non-hydrogen) atoms. The van der Waals surface area contributed by atoms with Gasteiger partial charge in [-0.15, -0.1) is 0 Å². The number of aromatic nitrogens is 2. The zero-order valence-corrected chi connectivity index (χ0v) is 16.7. The summed E-state index contributed by atoms with van der Waals surface area (Å²) in [6.45, 7) is 3.36. The van der Waals surface area contributed by atoms with Crippen LogP contribution in [0.5, 0.6) is 5.75 Å². The van der Waals surface area contributed by atoms with E-state index in [1.54, 1.807) is 13.3 Å². The molecule has 1 fully saturated rings. The van der Waals surface area contributed by atoms with Gasteiger partial charge in [0.15, 0.2) is 0 Å². The van der Waals surface area contributed by atoms with Crippen LogP contribution in [0.2, 0.25) is 0 Å². The molecule has 0 atom stereocenters. The maximum Gasteiger partial charge on any atom is 0.256 e. The predicted molar refractivity (Wildman–Crippen MR) is 114 cm³/mol. The van der Waals surface area contributed by atoms with Crippen LogP contribution in [-0.2, 0) is 0 Å². The largest absolute Gasteiger partial charge is 0.497 e. The summed E-state index contributed by atoms with van der Waals surface area (Å²) in [6.07, 6.45) is 5.45. The van der Waals surface area contributed by atoms with Crippen LogP contribution >= 0.6 is 0 Å². The predicted octanol–water partition coefficient (Wildman–Crippen LogP) is 4.09. The molecule has 146 valence electrons. The van der Waals surface area contributed by atoms with E-state index in [0.29, 0.717) is 18.7 Å². The molecule has 1 N–H and O–H groups in total. The van der Waals surface area contributed by atoms with Gasteiger partial charge in [-0.1, -0.05) is 17.6 Å². The van der Waals surface area contributed by atoms with Crippen molar-refractivity contribution in [1.82, 2.24) is 14.9 Å². The fourth-order valence-electron chi connectivity index (χ4n) is 3.54. The molecular weight excluding hydrogens is 362 g/mol. The van der Waals surface area contributed by atoms with Gasteiger partial charge in [0.2, 0.25) is 0 Å². The van der Waals surface area contributed by atoms with Crippen molar-refractivity contribution >= 4 is 16.8 Å². The van der Waals surface area contributed by atoms with Crippen LogP contribution in [0.1, 0.15) is 34.6 Å². The molecule has 1 aliphatic heterocycles. The summed E-state index contributed by atoms with van der Waals surface area (Å²) in [4.78, 5) is 22.5. The maximum atomic E-state index is 13.0. The number of ether oxygens (including phenoxy) is 1. The number of rotatable bonds is 2. The SMILES string of the molecule is COc1ccc2[nH]cc(C(=O)N3CCC(=CC#Cc4cccc(C)n4)CC3)c2c1. The molecule has 5 heteroatoms. The van der Waals surface area contributed by atoms with Crippen LogP contribution in [0.25, 0.3) is 10.9 Å². The lowest BCUT2D eigenvalue weighted by Crippen LogP contribution is -2.36. The number of benzene rings is 1. The molecule has 0 bridgehead atoms. The molecule has 0 aliphatic carbocycles. The Balaban J connectivity index is 1.43. The lowest BCUT2D eigenvalue weighted by atomic mass is 10.0. The molecule has 0 spiro atoms. The van der Waals surface area contributed by atoms with E-state index in [4.69, 9.17) is 4.74 Å². The van der Waals surface area contributed by atoms with E-state index in [1.807, 2.05) is 54.3 Å². The summed E-state index contributed by atoms with van der Waals surface area (Å²) < 4.78 is 5.30. The number of likely N-dealkylation sites (tertiary alicyclic amines) is 1. The highest BCUT2D eigenvalue weighted by atomic mass is 16.5. The molecule has 2 aromatic heterocycles. The van der Waals surface area contributed by atoms with Crippen molar-refractivity contribution in [3.8, 4) is 17.6 Å². The van der Waals surface area contributed by atoms with Crippen molar-refractivity contribution in [3.05, 3.63) is 71.2 Å². The van der Waals surface area contributed by atoms with E-state index in [9.17, 15) is 4.79 Å². The van der Waals surface area contributed by atoms with E-state index in [2.05, 4.69) is 21.8 Å². The van der Waals surface area contributed by atoms with Crippen LogP contribution in [0.15, 0.2) is 54.2 Å². The average Bonchev–Trinajstić information content (AvgIpc) is 3.17. The first-order valence-electron chi connectivity index (χ1n) is 9.71. The van der Waals surface area contributed by atoms with Crippen LogP contribution in [0.3, 0.4) is 0 Å². The number of aromatic amines is 1. The summed E-state index contributed by atoms with van der Waals surface area (Å²) >= 11 is 0. The zero-order valence-electron chi connectivity index (χ0n) is 16.7. The second-order valence-corrected chi connectivity index (χ2v) is 7.14. The summed E-state index contributed by atoms with van der Waals surface area (Å²) in [5.74, 6) is 7.00. The smallest absolute Gasteiger partial charge is 0.256 e. The Labute approximate surface area is 170 Å². The quantitative estimate of drug-likeness (QED) is 0.676. The third-order valence-corrected chi connectivity index (χ3v) is 5.18. The van der Waals surface area contributed by atoms with Gasteiger partial charge in [0.05, 0.1) is 12.7 Å². The van der Waals surface area contributed by atoms with E-state index < -0.39 is 0 Å². The number of carbonyl (C=O) groups is 1. The third kappa shape index (κ3) is 4.17. The topological polar surface area (TPSA) is 58.2 Å². The molecule has 0 radical (unpaired) electrons. The molecule has 1 amide bonds. The van der Waals surface area contributed by atoms with Crippen molar-refractivity contribution in [3.63, 3.8) is 0 Å². The molecule has 3 heterocycles. The van der Waals surface area contributed by atoms with E-state index >= 15 is 0 Å². The maximum absolute atomic E-state index is 13.0. The van der Waals surface area contributed by atoms with Gasteiger partial charge in [0.25, 0.3) is 5.91 Å². The Morgan fingerprint density at radius 2 is 2.07 bits per heavy atom. The number of aryl methyl sites for hydroxylation is 1. The van der Waals surface area contributed by atoms with Crippen molar-refractivity contribution in [2.45, 2.75) is 19.8 Å². The standard InChI is InChI=1S/C24H23N3O2/c1-17-5-3-7-19(26-17)8-4-6-18-11-13-27(14-12-18)24(28)22-16-25-23-10-9-20(29-2)15-21(22)23/h3,5-7,9-10,15-16,25H,11-14H2,1-2H3. The number of nitrogens with one attached hydrogen (secondary N) is 1. The van der Waals surface area contributed by atoms with Crippen molar-refractivity contribution in [1.29, 1.82) is 0 Å². The number of pyridine rings is 1. The fourth-order valence-corrected chi connectivity index (χ4v) is 3.54. The number of nitrogens with zero attached hydrogens (tertiary/aromatic N) is 2. The number of methoxy groups -OCH3 is 1. The summed E-state index contributed by atoms with van der Waals surface area (Å²) in [6, 6.07) is 11.6. The number of fused-ring (bicyclic) bond motifs is 1. The second-order valence-electron chi connectivity index (χ2n) is 7.14. The van der Waals surface area contributed by atoms with E-state index in [-0.39, 0.29) is 5.91 Å². The van der Waals surface area contributed by atoms with E-state index in [1.165, 1.54) is 5.57 Å². The van der Waals surface area contributed by atoms with Gasteiger partial charge in [-0.2, -0.15) is 0 Å². The molecule has 3 aromatic rings. The lowest BCUT2D eigenvalue weighted by Gasteiger charge is -2.28. The summed E-state index contributed by atoms with van der Waals surface area (Å²) in [5.41, 5.74) is 4.65. The molecular formula is C24H23N3O2. The van der Waals surface area contributed by atoms with Crippen molar-refractivity contribution < 1.29 is 9.53 Å². The van der Waals surface area contributed by atoms with Gasteiger partial charge in [-0.25, -0.2) is 4.98 Å². The van der Waals surface area contributed by atoms with E-state index in [0.717, 1.165) is 40.9 Å². The minimum absolute atomic E-state index is 0.0543. The number of hydrogen-bond donors (Lipinski definition) is 1. The zero-order chi connectivity index (χ0) is 20.2. The van der Waals surface area contributed by atoms with Gasteiger partial charge < -0.3 is 14.6 Å². The highest BCUT2D eigenvalue weighted by Crippen LogP contribution is 2.26. The van der Waals surface area contributed by atoms with Gasteiger partial charge in [0.1, 0.15) is 11.4 Å². The highest BCUT2D eigenvalue weighted by molar-refractivity contribution is 6.07. The number of piperidine rings is 1. The van der Waals surface area contributed by atoms with Gasteiger partial charge >= 0.3 is 0 Å². The van der Waals surface area contributed by atoms with Gasteiger partial charge in [0, 0.05) is 35.9 Å². The molecule has 5 nitrogen and oxygen atoms in total. The molecule has 0 unspecified atom stereocenters. The summed E-state index contributed by atoms with van der Waals surface area (Å²) in [5, 5.41) is 0.896. The number of amides is 1. The highest BCUT2D eigenvalue weighted by Gasteiger charge is 2.22. The molecule has 0 saturated carbocycles. The second kappa shape index (κ2) is 8.24. The first-order chi connectivity index (χ1) is 14.1. The Morgan fingerprint density at radius 3 is 2.83 bits per heavy atom. The molecule has 1 saturated heterocycles. The first kappa shape index (κ1) is 18.8. The van der Waals surface area contributed by atoms with Crippen LogP contribution < -0.4 is 4.74 Å². The number of allylic oxidation sites excluding steroid dienone is 1. The average molecular weight is 385 g/mol. The van der Waals surface area contributed by atoms with Crippen LogP contribution in [0.4, 0.5) is 0 Å². The number of hydrogen-bond acceptors (Lipinski definition) is 3. The number of H-pyrrole nitrogens is 1. The first-order valence-corrected chi connectivity index (χ1v) is 9.71. The van der Waals surface area contributed by atoms with Crippen molar-refractivity contribution in [2.75, 3.05) is 20.2 Å². The third-order valence-electron chi connectivity index (χ3n) is 5.18. The molecule has 1 aromatic carbocycles. The minimum Gasteiger partial charge on any atom is -0.497 e. The Bertz CT molecular complexity index is 1140. The summed E-state index contributed by atoms with van der Waals surface area (Å²) in [7, 11) is 1.63. The Morgan fingerprint density at radius 1 is 1.24 bits per heavy atom. The Kier molecular flexibility index (Phi) is 5.35. The normalized spacial score (nSPS) is 13.7. The molecule has 1 aliphatic rings. The Hall–Kier alpha value is -3.52. The monoisotopic (exact) mass is 385 g/mol. The van der Waals surface area contributed by atoms with Crippen molar-refractivity contribution in [2.24, 2.45) is 0 Å². The fraction of sp³-hybridized carbons (Fsp3) is 0.250.